The molecule has 0 aliphatic heterocycles. The van der Waals surface area contributed by atoms with Crippen molar-refractivity contribution in [3.05, 3.63) is 96.1 Å². The number of carbonyl (C=O) groups is 1. The predicted molar refractivity (Wildman–Crippen MR) is 104 cm³/mol. The molecule has 0 bridgehead atoms. The first-order chi connectivity index (χ1) is 13.2. The van der Waals surface area contributed by atoms with Crippen LogP contribution in [0.5, 0.6) is 0 Å². The van der Waals surface area contributed by atoms with Gasteiger partial charge in [-0.1, -0.05) is 42.5 Å². The Bertz CT molecular complexity index is 1050. The van der Waals surface area contributed by atoms with E-state index < -0.39 is 0 Å². The van der Waals surface area contributed by atoms with Gasteiger partial charge in [0.2, 0.25) is 0 Å². The molecule has 2 aromatic carbocycles. The third-order valence-electron chi connectivity index (χ3n) is 4.38. The predicted octanol–water partition coefficient (Wildman–Crippen LogP) is 4.37. The molecule has 5 heteroatoms. The molecule has 0 radical (unpaired) electrons. The van der Waals surface area contributed by atoms with Crippen molar-refractivity contribution in [2.24, 2.45) is 0 Å². The summed E-state index contributed by atoms with van der Waals surface area (Å²) in [6.07, 6.45) is 3.36. The van der Waals surface area contributed by atoms with E-state index in [4.69, 9.17) is 9.52 Å². The Kier molecular flexibility index (Phi) is 4.58. The van der Waals surface area contributed by atoms with Crippen molar-refractivity contribution in [1.29, 1.82) is 0 Å². The summed E-state index contributed by atoms with van der Waals surface area (Å²) in [5, 5.41) is 7.62. The van der Waals surface area contributed by atoms with Crippen molar-refractivity contribution < 1.29 is 9.21 Å². The summed E-state index contributed by atoms with van der Waals surface area (Å²) in [5.41, 5.74) is 4.09. The molecule has 1 amide bonds. The van der Waals surface area contributed by atoms with E-state index in [1.807, 2.05) is 67.6 Å². The van der Waals surface area contributed by atoms with Gasteiger partial charge in [-0.25, -0.2) is 4.68 Å². The van der Waals surface area contributed by atoms with Crippen molar-refractivity contribution in [2.75, 3.05) is 0 Å². The summed E-state index contributed by atoms with van der Waals surface area (Å²) in [7, 11) is 0. The molecule has 0 saturated carbocycles. The lowest BCUT2D eigenvalue weighted by Crippen LogP contribution is -2.22. The van der Waals surface area contributed by atoms with Crippen LogP contribution in [0.3, 0.4) is 0 Å². The van der Waals surface area contributed by atoms with E-state index >= 15 is 0 Å². The zero-order valence-corrected chi connectivity index (χ0v) is 14.9. The van der Waals surface area contributed by atoms with Crippen molar-refractivity contribution >= 4 is 5.91 Å². The Morgan fingerprint density at radius 3 is 2.56 bits per heavy atom. The fourth-order valence-corrected chi connectivity index (χ4v) is 2.97. The second-order valence-electron chi connectivity index (χ2n) is 6.25. The number of aryl methyl sites for hydroxylation is 1. The lowest BCUT2D eigenvalue weighted by Gasteiger charge is -2.06. The highest BCUT2D eigenvalue weighted by molar-refractivity contribution is 6.00. The standard InChI is InChI=1S/C22H19N3O2/c1-16-8-5-6-12-19(16)21-20(22(26)23-14-18-11-7-13-27-18)15-25(24-21)17-9-3-2-4-10-17/h2-13,15H,14H2,1H3,(H,23,26). The van der Waals surface area contributed by atoms with Gasteiger partial charge in [0.05, 0.1) is 24.1 Å². The fourth-order valence-electron chi connectivity index (χ4n) is 2.97. The molecule has 0 aliphatic carbocycles. The van der Waals surface area contributed by atoms with Crippen LogP contribution in [0.2, 0.25) is 0 Å². The van der Waals surface area contributed by atoms with Crippen LogP contribution in [0.1, 0.15) is 21.7 Å². The zero-order chi connectivity index (χ0) is 18.6. The quantitative estimate of drug-likeness (QED) is 0.577. The number of hydrogen-bond acceptors (Lipinski definition) is 3. The second kappa shape index (κ2) is 7.33. The van der Waals surface area contributed by atoms with E-state index in [1.165, 1.54) is 0 Å². The molecule has 5 nitrogen and oxygen atoms in total. The molecule has 0 saturated heterocycles. The second-order valence-corrected chi connectivity index (χ2v) is 6.25. The first-order valence-corrected chi connectivity index (χ1v) is 8.74. The fraction of sp³-hybridized carbons (Fsp3) is 0.0909. The van der Waals surface area contributed by atoms with Gasteiger partial charge in [-0.15, -0.1) is 0 Å². The molecule has 2 aromatic heterocycles. The zero-order valence-electron chi connectivity index (χ0n) is 14.9. The Morgan fingerprint density at radius 1 is 1.04 bits per heavy atom. The molecule has 4 rings (SSSR count). The topological polar surface area (TPSA) is 60.1 Å². The summed E-state index contributed by atoms with van der Waals surface area (Å²) >= 11 is 0. The van der Waals surface area contributed by atoms with Crippen molar-refractivity contribution in [3.63, 3.8) is 0 Å². The van der Waals surface area contributed by atoms with Gasteiger partial charge in [0.25, 0.3) is 5.91 Å². The molecule has 2 heterocycles. The number of rotatable bonds is 5. The number of nitrogens with zero attached hydrogens (tertiary/aromatic N) is 2. The average Bonchev–Trinajstić information content (AvgIpc) is 3.37. The first kappa shape index (κ1) is 16.8. The monoisotopic (exact) mass is 357 g/mol. The van der Waals surface area contributed by atoms with E-state index in [9.17, 15) is 4.79 Å². The van der Waals surface area contributed by atoms with E-state index in [-0.39, 0.29) is 5.91 Å². The van der Waals surface area contributed by atoms with Gasteiger partial charge in [0.1, 0.15) is 11.5 Å². The molecule has 0 fully saturated rings. The summed E-state index contributed by atoms with van der Waals surface area (Å²) in [6, 6.07) is 21.3. The van der Waals surface area contributed by atoms with Crippen molar-refractivity contribution in [3.8, 4) is 16.9 Å². The largest absolute Gasteiger partial charge is 0.467 e. The number of amides is 1. The van der Waals surface area contributed by atoms with Crippen LogP contribution < -0.4 is 5.32 Å². The average molecular weight is 357 g/mol. The molecule has 0 aliphatic rings. The minimum Gasteiger partial charge on any atom is -0.467 e. The maximum absolute atomic E-state index is 12.9. The number of aromatic nitrogens is 2. The van der Waals surface area contributed by atoms with Gasteiger partial charge in [-0.2, -0.15) is 5.10 Å². The Hall–Kier alpha value is -3.60. The van der Waals surface area contributed by atoms with Gasteiger partial charge < -0.3 is 9.73 Å². The number of carbonyl (C=O) groups excluding carboxylic acids is 1. The van der Waals surface area contributed by atoms with Crippen LogP contribution in [0.25, 0.3) is 16.9 Å². The number of hydrogen-bond donors (Lipinski definition) is 1. The summed E-state index contributed by atoms with van der Waals surface area (Å²) in [6.45, 7) is 2.34. The lowest BCUT2D eigenvalue weighted by atomic mass is 10.0. The van der Waals surface area contributed by atoms with Gasteiger partial charge in [0, 0.05) is 11.8 Å². The molecular weight excluding hydrogens is 338 g/mol. The molecule has 0 unspecified atom stereocenters. The summed E-state index contributed by atoms with van der Waals surface area (Å²) in [4.78, 5) is 12.9. The number of nitrogens with one attached hydrogen (secondary N) is 1. The Balaban J connectivity index is 1.73. The van der Waals surface area contributed by atoms with Crippen LogP contribution in [0.15, 0.2) is 83.6 Å². The Morgan fingerprint density at radius 2 is 1.81 bits per heavy atom. The van der Waals surface area contributed by atoms with Crippen molar-refractivity contribution in [2.45, 2.75) is 13.5 Å². The number of para-hydroxylation sites is 1. The molecule has 27 heavy (non-hydrogen) atoms. The van der Waals surface area contributed by atoms with E-state index in [2.05, 4.69) is 5.32 Å². The maximum atomic E-state index is 12.9. The van der Waals surface area contributed by atoms with Gasteiger partial charge >= 0.3 is 0 Å². The third kappa shape index (κ3) is 3.53. The van der Waals surface area contributed by atoms with Gasteiger partial charge in [-0.3, -0.25) is 4.79 Å². The van der Waals surface area contributed by atoms with Gasteiger partial charge in [-0.05, 0) is 36.8 Å². The van der Waals surface area contributed by atoms with Crippen molar-refractivity contribution in [1.82, 2.24) is 15.1 Å². The van der Waals surface area contributed by atoms with Crippen LogP contribution in [-0.2, 0) is 6.54 Å². The normalized spacial score (nSPS) is 10.7. The molecule has 134 valence electrons. The highest BCUT2D eigenvalue weighted by Gasteiger charge is 2.19. The maximum Gasteiger partial charge on any atom is 0.255 e. The minimum absolute atomic E-state index is 0.188. The third-order valence-corrected chi connectivity index (χ3v) is 4.38. The minimum atomic E-state index is -0.188. The molecule has 0 spiro atoms. The number of furan rings is 1. The Labute approximate surface area is 157 Å². The van der Waals surface area contributed by atoms with Crippen LogP contribution >= 0.6 is 0 Å². The number of benzene rings is 2. The van der Waals surface area contributed by atoms with Crippen LogP contribution in [0, 0.1) is 6.92 Å². The molecule has 0 atom stereocenters. The molecule has 1 N–H and O–H groups in total. The molecule has 4 aromatic rings. The molecular formula is C22H19N3O2. The summed E-state index contributed by atoms with van der Waals surface area (Å²) in [5.74, 6) is 0.517. The van der Waals surface area contributed by atoms with E-state index in [0.717, 1.165) is 16.8 Å². The first-order valence-electron chi connectivity index (χ1n) is 8.74. The van der Waals surface area contributed by atoms with E-state index in [1.54, 1.807) is 23.2 Å². The highest BCUT2D eigenvalue weighted by atomic mass is 16.3. The van der Waals surface area contributed by atoms with Crippen LogP contribution in [0.4, 0.5) is 0 Å². The van der Waals surface area contributed by atoms with Crippen LogP contribution in [-0.4, -0.2) is 15.7 Å². The SMILES string of the molecule is Cc1ccccc1-c1nn(-c2ccccc2)cc1C(=O)NCc1ccco1. The van der Waals surface area contributed by atoms with E-state index in [0.29, 0.717) is 23.6 Å². The highest BCUT2D eigenvalue weighted by Crippen LogP contribution is 2.26. The summed E-state index contributed by atoms with van der Waals surface area (Å²) < 4.78 is 7.03. The smallest absolute Gasteiger partial charge is 0.255 e. The van der Waals surface area contributed by atoms with Gasteiger partial charge in [0.15, 0.2) is 0 Å². The lowest BCUT2D eigenvalue weighted by molar-refractivity contribution is 0.0948.